The molecule has 0 fully saturated rings. The van der Waals surface area contributed by atoms with E-state index >= 15 is 0 Å². The lowest BCUT2D eigenvalue weighted by Gasteiger charge is -2.16. The van der Waals surface area contributed by atoms with Gasteiger partial charge < -0.3 is 16.0 Å². The van der Waals surface area contributed by atoms with Crippen molar-refractivity contribution in [3.63, 3.8) is 0 Å². The van der Waals surface area contributed by atoms with Gasteiger partial charge in [-0.2, -0.15) is 13.2 Å². The summed E-state index contributed by atoms with van der Waals surface area (Å²) in [5.74, 6) is -1.63. The largest absolute Gasteiger partial charge is 0.418 e. The Hall–Kier alpha value is -4.83. The van der Waals surface area contributed by atoms with Gasteiger partial charge in [0.15, 0.2) is 0 Å². The molecule has 0 aliphatic rings. The predicted octanol–water partition coefficient (Wildman–Crippen LogP) is 7.54. The van der Waals surface area contributed by atoms with E-state index in [2.05, 4.69) is 16.0 Å². The lowest BCUT2D eigenvalue weighted by Crippen LogP contribution is -2.30. The normalized spacial score (nSPS) is 12.3. The minimum absolute atomic E-state index is 0.0253. The summed E-state index contributed by atoms with van der Waals surface area (Å²) in [4.78, 5) is 39.6. The van der Waals surface area contributed by atoms with Crippen molar-refractivity contribution in [3.8, 4) is 0 Å². The summed E-state index contributed by atoms with van der Waals surface area (Å²) < 4.78 is 40.0. The fraction of sp³-hybridized carbons (Fsp3) is 0.121. The maximum Gasteiger partial charge on any atom is 0.418 e. The van der Waals surface area contributed by atoms with E-state index in [0.717, 1.165) is 29.0 Å². The third-order valence-electron chi connectivity index (χ3n) is 6.28. The fourth-order valence-electron chi connectivity index (χ4n) is 4.02. The third-order valence-corrected chi connectivity index (χ3v) is 7.38. The quantitative estimate of drug-likeness (QED) is 0.136. The van der Waals surface area contributed by atoms with Crippen molar-refractivity contribution < 1.29 is 27.6 Å². The number of amides is 3. The number of nitrogens with one attached hydrogen (secondary N) is 3. The number of alkyl halides is 3. The fourth-order valence-corrected chi connectivity index (χ4v) is 4.95. The number of hydrogen-bond acceptors (Lipinski definition) is 4. The van der Waals surface area contributed by atoms with E-state index in [0.29, 0.717) is 16.1 Å². The summed E-state index contributed by atoms with van der Waals surface area (Å²) in [6, 6.07) is 27.4. The minimum atomic E-state index is -4.61. The lowest BCUT2D eigenvalue weighted by molar-refractivity contribution is -0.137. The Morgan fingerprint density at radius 3 is 2.21 bits per heavy atom. The van der Waals surface area contributed by atoms with Crippen LogP contribution in [0.4, 0.5) is 24.5 Å². The molecule has 43 heavy (non-hydrogen) atoms. The summed E-state index contributed by atoms with van der Waals surface area (Å²) in [6.45, 7) is 3.46. The number of aryl methyl sites for hydroxylation is 1. The van der Waals surface area contributed by atoms with Gasteiger partial charge in [0.2, 0.25) is 5.91 Å². The molecule has 0 saturated carbocycles. The number of anilines is 2. The van der Waals surface area contributed by atoms with Crippen LogP contribution in [-0.2, 0) is 15.8 Å². The van der Waals surface area contributed by atoms with Crippen molar-refractivity contribution in [2.45, 2.75) is 30.2 Å². The van der Waals surface area contributed by atoms with Gasteiger partial charge >= 0.3 is 6.18 Å². The van der Waals surface area contributed by atoms with Gasteiger partial charge in [-0.05, 0) is 73.5 Å². The first-order chi connectivity index (χ1) is 20.5. The standard InChI is InChI=1S/C33H28F3N3O3S/c1-21-11-6-7-14-24(21)19-29(39-31(41)23-12-4-3-5-13-23)32(42)37-25-15-10-16-26(20-25)43-22(2)30(40)38-28-18-9-8-17-27(28)33(34,35)36/h3-20,22H,1-2H3,(H,37,42)(H,38,40)(H,39,41)/b29-19-. The van der Waals surface area contributed by atoms with Crippen molar-refractivity contribution in [3.05, 3.63) is 131 Å². The SMILES string of the molecule is Cc1ccccc1/C=C(\NC(=O)c1ccccc1)C(=O)Nc1cccc(SC(C)C(=O)Nc2ccccc2C(F)(F)F)c1. The van der Waals surface area contributed by atoms with Gasteiger partial charge in [-0.25, -0.2) is 0 Å². The summed E-state index contributed by atoms with van der Waals surface area (Å²) >= 11 is 1.12. The van der Waals surface area contributed by atoms with Crippen LogP contribution >= 0.6 is 11.8 Å². The number of thioether (sulfide) groups is 1. The molecule has 0 heterocycles. The second-order valence-corrected chi connectivity index (χ2v) is 10.9. The second-order valence-electron chi connectivity index (χ2n) is 9.51. The molecule has 10 heteroatoms. The van der Waals surface area contributed by atoms with E-state index < -0.39 is 34.7 Å². The molecular weight excluding hydrogens is 575 g/mol. The zero-order valence-electron chi connectivity index (χ0n) is 23.2. The molecule has 6 nitrogen and oxygen atoms in total. The Morgan fingerprint density at radius 2 is 1.49 bits per heavy atom. The molecule has 0 spiro atoms. The van der Waals surface area contributed by atoms with Gasteiger partial charge in [0, 0.05) is 16.1 Å². The van der Waals surface area contributed by atoms with E-state index in [1.165, 1.54) is 18.2 Å². The van der Waals surface area contributed by atoms with Crippen LogP contribution in [0.25, 0.3) is 6.08 Å². The van der Waals surface area contributed by atoms with E-state index in [1.807, 2.05) is 31.2 Å². The van der Waals surface area contributed by atoms with Crippen LogP contribution in [0.1, 0.15) is 34.0 Å². The molecule has 0 aromatic heterocycles. The topological polar surface area (TPSA) is 87.3 Å². The van der Waals surface area contributed by atoms with E-state index in [4.69, 9.17) is 0 Å². The van der Waals surface area contributed by atoms with E-state index in [1.54, 1.807) is 67.6 Å². The van der Waals surface area contributed by atoms with E-state index in [-0.39, 0.29) is 11.4 Å². The van der Waals surface area contributed by atoms with Gasteiger partial charge in [-0.1, -0.05) is 60.7 Å². The zero-order valence-corrected chi connectivity index (χ0v) is 24.1. The van der Waals surface area contributed by atoms with Crippen molar-refractivity contribution in [1.82, 2.24) is 5.32 Å². The Bertz CT molecular complexity index is 1660. The maximum absolute atomic E-state index is 13.4. The van der Waals surface area contributed by atoms with Crippen LogP contribution in [0.15, 0.2) is 114 Å². The molecule has 4 rings (SSSR count). The first kappa shape index (κ1) is 31.1. The summed E-state index contributed by atoms with van der Waals surface area (Å²) in [7, 11) is 0. The van der Waals surface area contributed by atoms with Gasteiger partial charge in [0.25, 0.3) is 11.8 Å². The second kappa shape index (κ2) is 13.9. The number of hydrogen-bond donors (Lipinski definition) is 3. The van der Waals surface area contributed by atoms with Crippen molar-refractivity contribution in [2.24, 2.45) is 0 Å². The highest BCUT2D eigenvalue weighted by Crippen LogP contribution is 2.35. The predicted molar refractivity (Wildman–Crippen MR) is 164 cm³/mol. The molecule has 4 aromatic carbocycles. The van der Waals surface area contributed by atoms with Gasteiger partial charge in [-0.3, -0.25) is 14.4 Å². The average Bonchev–Trinajstić information content (AvgIpc) is 2.98. The maximum atomic E-state index is 13.4. The number of benzene rings is 4. The van der Waals surface area contributed by atoms with Crippen LogP contribution in [0.5, 0.6) is 0 Å². The molecule has 0 bridgehead atoms. The van der Waals surface area contributed by atoms with Gasteiger partial charge in [-0.15, -0.1) is 11.8 Å². The van der Waals surface area contributed by atoms with Crippen molar-refractivity contribution in [1.29, 1.82) is 0 Å². The molecule has 3 N–H and O–H groups in total. The molecule has 220 valence electrons. The molecule has 0 saturated heterocycles. The zero-order chi connectivity index (χ0) is 31.0. The van der Waals surface area contributed by atoms with Crippen molar-refractivity contribution in [2.75, 3.05) is 10.6 Å². The molecule has 1 unspecified atom stereocenters. The Kier molecular flexibility index (Phi) is 10.0. The van der Waals surface area contributed by atoms with Crippen LogP contribution in [0.2, 0.25) is 0 Å². The highest BCUT2D eigenvalue weighted by molar-refractivity contribution is 8.00. The molecular formula is C33H28F3N3O3S. The van der Waals surface area contributed by atoms with Gasteiger partial charge in [0.1, 0.15) is 5.70 Å². The van der Waals surface area contributed by atoms with Crippen LogP contribution in [0, 0.1) is 6.92 Å². The number of carbonyl (C=O) groups excluding carboxylic acids is 3. The van der Waals surface area contributed by atoms with Gasteiger partial charge in [0.05, 0.1) is 16.5 Å². The number of rotatable bonds is 9. The van der Waals surface area contributed by atoms with E-state index in [9.17, 15) is 27.6 Å². The lowest BCUT2D eigenvalue weighted by atomic mass is 10.1. The number of halogens is 3. The highest BCUT2D eigenvalue weighted by Gasteiger charge is 2.34. The van der Waals surface area contributed by atoms with Crippen LogP contribution in [-0.4, -0.2) is 23.0 Å². The highest BCUT2D eigenvalue weighted by atomic mass is 32.2. The summed E-state index contributed by atoms with van der Waals surface area (Å²) in [5, 5.41) is 7.09. The molecule has 3 amide bonds. The molecule has 0 aliphatic carbocycles. The average molecular weight is 604 g/mol. The molecule has 0 aliphatic heterocycles. The third kappa shape index (κ3) is 8.59. The molecule has 1 atom stereocenters. The number of para-hydroxylation sites is 1. The Balaban J connectivity index is 1.49. The number of carbonyl (C=O) groups is 3. The minimum Gasteiger partial charge on any atom is -0.325 e. The van der Waals surface area contributed by atoms with Crippen LogP contribution in [0.3, 0.4) is 0 Å². The smallest absolute Gasteiger partial charge is 0.325 e. The Morgan fingerprint density at radius 1 is 0.814 bits per heavy atom. The van der Waals surface area contributed by atoms with Crippen LogP contribution < -0.4 is 16.0 Å². The summed E-state index contributed by atoms with van der Waals surface area (Å²) in [5.41, 5.74) is 1.21. The van der Waals surface area contributed by atoms with Crippen molar-refractivity contribution >= 4 is 46.9 Å². The first-order valence-electron chi connectivity index (χ1n) is 13.2. The Labute approximate surface area is 251 Å². The molecule has 0 radical (unpaired) electrons. The monoisotopic (exact) mass is 603 g/mol. The first-order valence-corrected chi connectivity index (χ1v) is 14.1. The molecule has 4 aromatic rings. The summed E-state index contributed by atoms with van der Waals surface area (Å²) in [6.07, 6.45) is -3.02.